The van der Waals surface area contributed by atoms with Crippen molar-refractivity contribution in [3.8, 4) is 0 Å². The Kier molecular flexibility index (Phi) is 20.3. The van der Waals surface area contributed by atoms with Crippen LogP contribution in [0.1, 0.15) is 115 Å². The summed E-state index contributed by atoms with van der Waals surface area (Å²) in [5.41, 5.74) is 1.50. The number of hydrogen-bond acceptors (Lipinski definition) is 0. The topological polar surface area (TPSA) is 0 Å². The zero-order valence-corrected chi connectivity index (χ0v) is 16.4. The van der Waals surface area contributed by atoms with Crippen molar-refractivity contribution in [2.24, 2.45) is 0 Å². The van der Waals surface area contributed by atoms with Crippen LogP contribution in [0, 0.1) is 0 Å². The Hall–Kier alpha value is -0.0138. The van der Waals surface area contributed by atoms with E-state index < -0.39 is 0 Å². The number of hydrogen-bond donors (Lipinski definition) is 0. The zero-order chi connectivity index (χ0) is 17.1. The average molecular weight is 357 g/mol. The molecule has 0 aliphatic rings. The van der Waals surface area contributed by atoms with Gasteiger partial charge in [0.1, 0.15) is 0 Å². The molecule has 0 saturated carbocycles. The van der Waals surface area contributed by atoms with Gasteiger partial charge < -0.3 is 0 Å². The predicted octanol–water partition coefficient (Wildman–Crippen LogP) is 7.57. The minimum atomic E-state index is 0. The lowest BCUT2D eigenvalue weighted by atomic mass is 10.0. The van der Waals surface area contributed by atoms with Crippen LogP contribution in [0.15, 0.2) is 30.3 Å². The molecule has 1 rings (SSSR count). The Morgan fingerprint density at radius 2 is 0.840 bits per heavy atom. The van der Waals surface area contributed by atoms with E-state index in [4.69, 9.17) is 0 Å². The highest BCUT2D eigenvalue weighted by atomic mass is 24.3. The van der Waals surface area contributed by atoms with Gasteiger partial charge in [-0.2, -0.15) is 0 Å². The molecule has 0 N–H and O–H groups in total. The molecule has 0 heterocycles. The van der Waals surface area contributed by atoms with E-state index in [0.717, 1.165) is 0 Å². The average Bonchev–Trinajstić information content (AvgIpc) is 2.62. The second kappa shape index (κ2) is 20.3. The third kappa shape index (κ3) is 17.2. The van der Waals surface area contributed by atoms with E-state index in [9.17, 15) is 0 Å². The van der Waals surface area contributed by atoms with Crippen LogP contribution in [-0.2, 0) is 6.42 Å². The maximum absolute atomic E-state index is 2.30. The monoisotopic (exact) mass is 356 g/mol. The zero-order valence-electron chi connectivity index (χ0n) is 16.4. The van der Waals surface area contributed by atoms with Gasteiger partial charge in [-0.3, -0.25) is 0 Å². The molecule has 142 valence electrons. The standard InChI is InChI=1S/C24H42.Mg.2H/c1-2-3-4-5-6-7-8-9-10-11-12-13-14-15-16-18-21-24-22-19-17-20-23-24;;;/h17,19-20,22-23H,2-16,18,21H2,1H3;;;. The van der Waals surface area contributed by atoms with Crippen molar-refractivity contribution in [2.45, 2.75) is 116 Å². The first-order chi connectivity index (χ1) is 11.9. The lowest BCUT2D eigenvalue weighted by Crippen LogP contribution is -1.86. The van der Waals surface area contributed by atoms with Crippen LogP contribution in [0.2, 0.25) is 0 Å². The fourth-order valence-electron chi connectivity index (χ4n) is 3.52. The van der Waals surface area contributed by atoms with Gasteiger partial charge in [-0.1, -0.05) is 134 Å². The van der Waals surface area contributed by atoms with Gasteiger partial charge in [-0.15, -0.1) is 0 Å². The van der Waals surface area contributed by atoms with Crippen molar-refractivity contribution in [3.63, 3.8) is 0 Å². The van der Waals surface area contributed by atoms with Crippen molar-refractivity contribution in [1.82, 2.24) is 0 Å². The summed E-state index contributed by atoms with van der Waals surface area (Å²) >= 11 is 0. The Labute approximate surface area is 174 Å². The third-order valence-corrected chi connectivity index (χ3v) is 5.16. The number of benzene rings is 1. The molecular formula is C24H44Mg. The van der Waals surface area contributed by atoms with Gasteiger partial charge in [0.05, 0.1) is 0 Å². The fraction of sp³-hybridized carbons (Fsp3) is 0.750. The molecule has 1 heteroatoms. The molecule has 0 aliphatic carbocycles. The minimum absolute atomic E-state index is 0. The molecule has 0 amide bonds. The van der Waals surface area contributed by atoms with Crippen LogP contribution in [0.4, 0.5) is 0 Å². The van der Waals surface area contributed by atoms with Crippen LogP contribution in [-0.4, -0.2) is 23.1 Å². The Morgan fingerprint density at radius 1 is 0.480 bits per heavy atom. The van der Waals surface area contributed by atoms with Crippen molar-refractivity contribution >= 4 is 23.1 Å². The minimum Gasteiger partial charge on any atom is -0.0654 e. The molecule has 0 unspecified atom stereocenters. The quantitative estimate of drug-likeness (QED) is 0.199. The molecule has 0 spiro atoms. The molecule has 0 fully saturated rings. The second-order valence-corrected chi connectivity index (χ2v) is 7.54. The van der Waals surface area contributed by atoms with Gasteiger partial charge in [0, 0.05) is 0 Å². The normalized spacial score (nSPS) is 10.6. The van der Waals surface area contributed by atoms with Crippen molar-refractivity contribution in [2.75, 3.05) is 0 Å². The van der Waals surface area contributed by atoms with E-state index in [2.05, 4.69) is 37.3 Å². The summed E-state index contributed by atoms with van der Waals surface area (Å²) in [6.07, 6.45) is 24.4. The molecule has 1 aromatic rings. The smallest absolute Gasteiger partial charge is 0.0654 e. The molecule has 0 nitrogen and oxygen atoms in total. The number of aryl methyl sites for hydroxylation is 1. The molecule has 0 saturated heterocycles. The van der Waals surface area contributed by atoms with Gasteiger partial charge in [0.15, 0.2) is 0 Å². The summed E-state index contributed by atoms with van der Waals surface area (Å²) in [5, 5.41) is 0. The van der Waals surface area contributed by atoms with Crippen LogP contribution >= 0.6 is 0 Å². The molecule has 0 bridgehead atoms. The summed E-state index contributed by atoms with van der Waals surface area (Å²) in [7, 11) is 0. The molecule has 25 heavy (non-hydrogen) atoms. The van der Waals surface area contributed by atoms with E-state index in [1.54, 1.807) is 0 Å². The lowest BCUT2D eigenvalue weighted by Gasteiger charge is -2.04. The van der Waals surface area contributed by atoms with Gasteiger partial charge in [0.2, 0.25) is 0 Å². The van der Waals surface area contributed by atoms with Gasteiger partial charge >= 0.3 is 23.1 Å². The van der Waals surface area contributed by atoms with Crippen LogP contribution in [0.5, 0.6) is 0 Å². The third-order valence-electron chi connectivity index (χ3n) is 5.16. The fourth-order valence-corrected chi connectivity index (χ4v) is 3.52. The number of unbranched alkanes of at least 4 members (excludes halogenated alkanes) is 15. The van der Waals surface area contributed by atoms with Gasteiger partial charge in [-0.25, -0.2) is 0 Å². The highest BCUT2D eigenvalue weighted by molar-refractivity contribution is 5.75. The second-order valence-electron chi connectivity index (χ2n) is 7.54. The maximum atomic E-state index is 2.30. The molecule has 1 aromatic carbocycles. The van der Waals surface area contributed by atoms with E-state index in [1.165, 1.54) is 115 Å². The SMILES string of the molecule is CCCCCCCCCCCCCCCCCCc1ccccc1.[MgH2]. The molecular weight excluding hydrogens is 313 g/mol. The van der Waals surface area contributed by atoms with Crippen LogP contribution in [0.25, 0.3) is 0 Å². The van der Waals surface area contributed by atoms with Crippen LogP contribution in [0.3, 0.4) is 0 Å². The largest absolute Gasteiger partial charge is 0.316 e. The first-order valence-corrected chi connectivity index (χ1v) is 11.0. The summed E-state index contributed by atoms with van der Waals surface area (Å²) in [5.74, 6) is 0. The van der Waals surface area contributed by atoms with Crippen molar-refractivity contribution in [1.29, 1.82) is 0 Å². The molecule has 0 aliphatic heterocycles. The lowest BCUT2D eigenvalue weighted by molar-refractivity contribution is 0.529. The number of rotatable bonds is 17. The van der Waals surface area contributed by atoms with Crippen molar-refractivity contribution in [3.05, 3.63) is 35.9 Å². The summed E-state index contributed by atoms with van der Waals surface area (Å²) < 4.78 is 0. The van der Waals surface area contributed by atoms with Crippen molar-refractivity contribution < 1.29 is 0 Å². The predicted molar refractivity (Wildman–Crippen MR) is 118 cm³/mol. The van der Waals surface area contributed by atoms with Gasteiger partial charge in [-0.05, 0) is 18.4 Å². The van der Waals surface area contributed by atoms with E-state index in [0.29, 0.717) is 0 Å². The Balaban J connectivity index is 0.00000576. The highest BCUT2D eigenvalue weighted by Gasteiger charge is 1.95. The van der Waals surface area contributed by atoms with E-state index in [1.807, 2.05) is 0 Å². The maximum Gasteiger partial charge on any atom is 0.316 e. The van der Waals surface area contributed by atoms with Gasteiger partial charge in [0.25, 0.3) is 0 Å². The summed E-state index contributed by atoms with van der Waals surface area (Å²) in [6.45, 7) is 2.30. The summed E-state index contributed by atoms with van der Waals surface area (Å²) in [4.78, 5) is 0. The molecule has 0 atom stereocenters. The summed E-state index contributed by atoms with van der Waals surface area (Å²) in [6, 6.07) is 10.9. The first kappa shape index (κ1) is 25.0. The molecule has 0 radical (unpaired) electrons. The Morgan fingerprint density at radius 3 is 1.24 bits per heavy atom. The van der Waals surface area contributed by atoms with E-state index >= 15 is 0 Å². The van der Waals surface area contributed by atoms with Crippen LogP contribution < -0.4 is 0 Å². The first-order valence-electron chi connectivity index (χ1n) is 11.0. The molecule has 0 aromatic heterocycles. The van der Waals surface area contributed by atoms with E-state index in [-0.39, 0.29) is 23.1 Å². The Bertz CT molecular complexity index is 346. The highest BCUT2D eigenvalue weighted by Crippen LogP contribution is 2.14.